The summed E-state index contributed by atoms with van der Waals surface area (Å²) in [5.41, 5.74) is 1.46. The van der Waals surface area contributed by atoms with Gasteiger partial charge < -0.3 is 9.47 Å². The van der Waals surface area contributed by atoms with E-state index in [1.54, 1.807) is 30.3 Å². The van der Waals surface area contributed by atoms with Gasteiger partial charge in [-0.2, -0.15) is 0 Å². The van der Waals surface area contributed by atoms with Gasteiger partial charge in [-0.05, 0) is 30.5 Å². The van der Waals surface area contributed by atoms with Crippen LogP contribution >= 0.6 is 0 Å². The highest BCUT2D eigenvalue weighted by Crippen LogP contribution is 2.34. The van der Waals surface area contributed by atoms with E-state index in [4.69, 9.17) is 0 Å². The summed E-state index contributed by atoms with van der Waals surface area (Å²) in [6.45, 7) is 1.82. The highest BCUT2D eigenvalue weighted by Gasteiger charge is 2.36. The lowest BCUT2D eigenvalue weighted by atomic mass is 9.83. The molecule has 1 aromatic carbocycles. The van der Waals surface area contributed by atoms with Crippen LogP contribution in [0.15, 0.2) is 58.4 Å². The third-order valence-corrected chi connectivity index (χ3v) is 5.87. The summed E-state index contributed by atoms with van der Waals surface area (Å²) < 4.78 is 3.23. The van der Waals surface area contributed by atoms with E-state index in [1.807, 2.05) is 21.6 Å². The number of rotatable bonds is 2. The lowest BCUT2D eigenvalue weighted by molar-refractivity contribution is -0.134. The molecule has 7 nitrogen and oxygen atoms in total. The molecule has 0 N–H and O–H groups in total. The van der Waals surface area contributed by atoms with Gasteiger partial charge in [0.2, 0.25) is 5.91 Å². The van der Waals surface area contributed by atoms with Crippen molar-refractivity contribution in [3.63, 3.8) is 0 Å². The maximum Gasteiger partial charge on any atom is 0.261 e. The molecule has 7 heteroatoms. The summed E-state index contributed by atoms with van der Waals surface area (Å²) in [5, 5.41) is 0.515. The molecular formula is C21H20N4O3. The SMILES string of the molecule is O=C(Cn1cnc2ccccc2c1=O)N1C[C@H]2C[C@H](C1)c1cccc(=O)n1C2. The Morgan fingerprint density at radius 2 is 1.89 bits per heavy atom. The van der Waals surface area contributed by atoms with Crippen LogP contribution in [0.25, 0.3) is 10.9 Å². The van der Waals surface area contributed by atoms with Gasteiger partial charge in [0.1, 0.15) is 6.54 Å². The first-order chi connectivity index (χ1) is 13.6. The van der Waals surface area contributed by atoms with Gasteiger partial charge >= 0.3 is 0 Å². The molecule has 28 heavy (non-hydrogen) atoms. The van der Waals surface area contributed by atoms with E-state index in [2.05, 4.69) is 4.98 Å². The summed E-state index contributed by atoms with van der Waals surface area (Å²) in [7, 11) is 0. The number of aromatic nitrogens is 3. The highest BCUT2D eigenvalue weighted by molar-refractivity contribution is 5.79. The molecular weight excluding hydrogens is 356 g/mol. The number of likely N-dealkylation sites (tertiary alicyclic amines) is 1. The predicted molar refractivity (Wildman–Crippen MR) is 104 cm³/mol. The maximum absolute atomic E-state index is 12.9. The second kappa shape index (κ2) is 6.44. The fourth-order valence-electron chi connectivity index (χ4n) is 4.56. The molecule has 2 aliphatic heterocycles. The first-order valence-corrected chi connectivity index (χ1v) is 9.52. The Kier molecular flexibility index (Phi) is 3.89. The quantitative estimate of drug-likeness (QED) is 0.674. The zero-order valence-corrected chi connectivity index (χ0v) is 15.3. The molecule has 2 atom stereocenters. The van der Waals surface area contributed by atoms with Crippen molar-refractivity contribution in [3.05, 3.63) is 75.2 Å². The molecule has 5 rings (SSSR count). The fourth-order valence-corrected chi connectivity index (χ4v) is 4.56. The van der Waals surface area contributed by atoms with E-state index in [-0.39, 0.29) is 35.4 Å². The molecule has 142 valence electrons. The van der Waals surface area contributed by atoms with Gasteiger partial charge in [0.15, 0.2) is 0 Å². The Labute approximate surface area is 160 Å². The maximum atomic E-state index is 12.9. The standard InChI is InChI=1S/C21H20N4O3/c26-19-7-3-6-18-15-8-14(10-25(18)19)9-23(11-15)20(27)12-24-13-22-17-5-2-1-4-16(17)21(24)28/h1-7,13-15H,8-12H2/t14-,15-/m1/s1. The van der Waals surface area contributed by atoms with Gasteiger partial charge in [0.05, 0.1) is 17.2 Å². The highest BCUT2D eigenvalue weighted by atomic mass is 16.2. The van der Waals surface area contributed by atoms with Crippen LogP contribution in [0, 0.1) is 5.92 Å². The van der Waals surface area contributed by atoms with Crippen LogP contribution < -0.4 is 11.1 Å². The molecule has 2 aliphatic rings. The smallest absolute Gasteiger partial charge is 0.261 e. The van der Waals surface area contributed by atoms with E-state index in [0.29, 0.717) is 30.5 Å². The van der Waals surface area contributed by atoms with Crippen molar-refractivity contribution < 1.29 is 4.79 Å². The van der Waals surface area contributed by atoms with Crippen LogP contribution in [0.1, 0.15) is 18.0 Å². The van der Waals surface area contributed by atoms with Gasteiger partial charge in [0, 0.05) is 37.3 Å². The topological polar surface area (TPSA) is 77.2 Å². The Bertz CT molecular complexity index is 1200. The molecule has 0 saturated carbocycles. The van der Waals surface area contributed by atoms with E-state index in [1.165, 1.54) is 10.9 Å². The van der Waals surface area contributed by atoms with Crippen LogP contribution in [0.4, 0.5) is 0 Å². The number of fused-ring (bicyclic) bond motifs is 5. The van der Waals surface area contributed by atoms with Crippen LogP contribution in [0.5, 0.6) is 0 Å². The first-order valence-electron chi connectivity index (χ1n) is 9.52. The van der Waals surface area contributed by atoms with E-state index in [0.717, 1.165) is 12.1 Å². The van der Waals surface area contributed by atoms with Crippen molar-refractivity contribution in [3.8, 4) is 0 Å². The molecule has 4 heterocycles. The molecule has 3 aromatic rings. The molecule has 0 spiro atoms. The molecule has 0 aliphatic carbocycles. The number of hydrogen-bond acceptors (Lipinski definition) is 4. The number of pyridine rings is 1. The minimum atomic E-state index is -0.201. The number of nitrogens with zero attached hydrogens (tertiary/aromatic N) is 4. The lowest BCUT2D eigenvalue weighted by Gasteiger charge is -2.42. The zero-order chi connectivity index (χ0) is 19.3. The monoisotopic (exact) mass is 376 g/mol. The van der Waals surface area contributed by atoms with Crippen LogP contribution in [0.3, 0.4) is 0 Å². The van der Waals surface area contributed by atoms with Crippen LogP contribution in [0.2, 0.25) is 0 Å². The van der Waals surface area contributed by atoms with Gasteiger partial charge in [-0.1, -0.05) is 18.2 Å². The summed E-state index contributed by atoms with van der Waals surface area (Å²) in [6.07, 6.45) is 2.44. The van der Waals surface area contributed by atoms with Crippen molar-refractivity contribution in [1.29, 1.82) is 0 Å². The number of para-hydroxylation sites is 1. The molecule has 1 fully saturated rings. The number of hydrogen-bond donors (Lipinski definition) is 0. The van der Waals surface area contributed by atoms with E-state index >= 15 is 0 Å². The number of carbonyl (C=O) groups is 1. The van der Waals surface area contributed by atoms with Gasteiger partial charge in [0.25, 0.3) is 11.1 Å². The van der Waals surface area contributed by atoms with Gasteiger partial charge in [-0.25, -0.2) is 4.98 Å². The lowest BCUT2D eigenvalue weighted by Crippen LogP contribution is -2.50. The van der Waals surface area contributed by atoms with Crippen LogP contribution in [-0.4, -0.2) is 38.0 Å². The van der Waals surface area contributed by atoms with Crippen molar-refractivity contribution in [2.75, 3.05) is 13.1 Å². The molecule has 0 unspecified atom stereocenters. The zero-order valence-electron chi connectivity index (χ0n) is 15.3. The van der Waals surface area contributed by atoms with Crippen molar-refractivity contribution in [2.45, 2.75) is 25.4 Å². The summed E-state index contributed by atoms with van der Waals surface area (Å²) in [5.74, 6) is 0.346. The third-order valence-electron chi connectivity index (χ3n) is 5.87. The summed E-state index contributed by atoms with van der Waals surface area (Å²) in [4.78, 5) is 43.9. The Balaban J connectivity index is 1.40. The third kappa shape index (κ3) is 2.74. The molecule has 2 aromatic heterocycles. The minimum Gasteiger partial charge on any atom is -0.340 e. The molecule has 2 bridgehead atoms. The summed E-state index contributed by atoms with van der Waals surface area (Å²) >= 11 is 0. The minimum absolute atomic E-state index is 0.0162. The second-order valence-electron chi connectivity index (χ2n) is 7.69. The number of benzene rings is 1. The van der Waals surface area contributed by atoms with Crippen molar-refractivity contribution >= 4 is 16.8 Å². The average molecular weight is 376 g/mol. The van der Waals surface area contributed by atoms with E-state index in [9.17, 15) is 14.4 Å². The first kappa shape index (κ1) is 16.9. The predicted octanol–water partition coefficient (Wildman–Crippen LogP) is 1.20. The largest absolute Gasteiger partial charge is 0.340 e. The average Bonchev–Trinajstić information content (AvgIpc) is 2.71. The van der Waals surface area contributed by atoms with Crippen molar-refractivity contribution in [2.24, 2.45) is 5.92 Å². The van der Waals surface area contributed by atoms with Gasteiger partial charge in [-0.3, -0.25) is 19.0 Å². The van der Waals surface area contributed by atoms with Crippen molar-refractivity contribution in [1.82, 2.24) is 19.0 Å². The Hall–Kier alpha value is -3.22. The summed E-state index contributed by atoms with van der Waals surface area (Å²) in [6, 6.07) is 12.5. The Morgan fingerprint density at radius 3 is 2.79 bits per heavy atom. The number of amides is 1. The fraction of sp³-hybridized carbons (Fsp3) is 0.333. The molecule has 0 radical (unpaired) electrons. The van der Waals surface area contributed by atoms with Crippen LogP contribution in [-0.2, 0) is 17.9 Å². The number of piperidine rings is 1. The molecule has 1 saturated heterocycles. The second-order valence-corrected chi connectivity index (χ2v) is 7.69. The van der Waals surface area contributed by atoms with E-state index < -0.39 is 0 Å². The van der Waals surface area contributed by atoms with Gasteiger partial charge in [-0.15, -0.1) is 0 Å². The Morgan fingerprint density at radius 1 is 1.04 bits per heavy atom. The number of carbonyl (C=O) groups excluding carboxylic acids is 1. The normalized spacial score (nSPS) is 20.8. The molecule has 1 amide bonds.